The second-order valence-electron chi connectivity index (χ2n) is 7.36. The van der Waals surface area contributed by atoms with Crippen molar-refractivity contribution < 1.29 is 9.53 Å². The van der Waals surface area contributed by atoms with Crippen molar-refractivity contribution in [3.05, 3.63) is 0 Å². The molecule has 0 aromatic heterocycles. The maximum atomic E-state index is 12.3. The largest absolute Gasteiger partial charge is 0.465 e. The highest BCUT2D eigenvalue weighted by Gasteiger charge is 2.36. The lowest BCUT2D eigenvalue weighted by Gasteiger charge is -2.34. The van der Waals surface area contributed by atoms with E-state index in [1.54, 1.807) is 0 Å². The lowest BCUT2D eigenvalue weighted by Crippen LogP contribution is -2.48. The maximum absolute atomic E-state index is 12.3. The van der Waals surface area contributed by atoms with Crippen LogP contribution in [0.2, 0.25) is 0 Å². The first-order valence-electron chi connectivity index (χ1n) is 8.10. The number of piperidine rings is 1. The zero-order valence-corrected chi connectivity index (χ0v) is 13.3. The van der Waals surface area contributed by atoms with Gasteiger partial charge in [0.05, 0.1) is 6.61 Å². The number of likely N-dealkylation sites (tertiary alicyclic amines) is 1. The molecule has 0 bridgehead atoms. The fourth-order valence-electron chi connectivity index (χ4n) is 3.17. The van der Waals surface area contributed by atoms with Gasteiger partial charge in [0.1, 0.15) is 6.04 Å². The SMILES string of the molecule is CC(C)(C)CCOC(=O)C1CCCN1C1CCNCC1. The number of carbonyl (C=O) groups excluding carboxylic acids is 1. The van der Waals surface area contributed by atoms with Crippen LogP contribution in [0.3, 0.4) is 0 Å². The Morgan fingerprint density at radius 1 is 1.25 bits per heavy atom. The van der Waals surface area contributed by atoms with Gasteiger partial charge in [0.2, 0.25) is 0 Å². The van der Waals surface area contributed by atoms with Crippen LogP contribution in [0.1, 0.15) is 52.9 Å². The van der Waals surface area contributed by atoms with Crippen molar-refractivity contribution in [3.63, 3.8) is 0 Å². The molecular weight excluding hydrogens is 252 g/mol. The van der Waals surface area contributed by atoms with E-state index in [-0.39, 0.29) is 17.4 Å². The molecule has 4 heteroatoms. The van der Waals surface area contributed by atoms with Gasteiger partial charge in [-0.25, -0.2) is 0 Å². The highest BCUT2D eigenvalue weighted by Crippen LogP contribution is 2.25. The van der Waals surface area contributed by atoms with E-state index in [1.807, 2.05) is 0 Å². The number of ether oxygens (including phenoxy) is 1. The quantitative estimate of drug-likeness (QED) is 0.803. The zero-order valence-electron chi connectivity index (χ0n) is 13.3. The summed E-state index contributed by atoms with van der Waals surface area (Å²) in [4.78, 5) is 14.7. The molecule has 2 heterocycles. The van der Waals surface area contributed by atoms with Gasteiger partial charge < -0.3 is 10.1 Å². The molecule has 116 valence electrons. The summed E-state index contributed by atoms with van der Waals surface area (Å²) in [6.07, 6.45) is 5.34. The summed E-state index contributed by atoms with van der Waals surface area (Å²) in [5.74, 6) is 0.00489. The van der Waals surface area contributed by atoms with Crippen molar-refractivity contribution in [2.45, 2.75) is 65.0 Å². The van der Waals surface area contributed by atoms with Crippen molar-refractivity contribution in [2.24, 2.45) is 5.41 Å². The second-order valence-corrected chi connectivity index (χ2v) is 7.36. The van der Waals surface area contributed by atoms with Gasteiger partial charge in [0.15, 0.2) is 0 Å². The van der Waals surface area contributed by atoms with E-state index in [4.69, 9.17) is 4.74 Å². The molecule has 2 fully saturated rings. The van der Waals surface area contributed by atoms with Crippen LogP contribution in [-0.4, -0.2) is 49.2 Å². The first-order chi connectivity index (χ1) is 9.47. The van der Waals surface area contributed by atoms with Crippen LogP contribution in [0.4, 0.5) is 0 Å². The number of carbonyl (C=O) groups is 1. The van der Waals surface area contributed by atoms with Gasteiger partial charge in [-0.1, -0.05) is 20.8 Å². The lowest BCUT2D eigenvalue weighted by atomic mass is 9.93. The fourth-order valence-corrected chi connectivity index (χ4v) is 3.17. The molecule has 0 aromatic rings. The summed E-state index contributed by atoms with van der Waals surface area (Å²) in [6.45, 7) is 10.3. The van der Waals surface area contributed by atoms with Crippen LogP contribution in [-0.2, 0) is 9.53 Å². The first-order valence-corrected chi connectivity index (χ1v) is 8.10. The smallest absolute Gasteiger partial charge is 0.323 e. The number of rotatable bonds is 4. The highest BCUT2D eigenvalue weighted by molar-refractivity contribution is 5.76. The van der Waals surface area contributed by atoms with E-state index < -0.39 is 0 Å². The molecule has 0 spiro atoms. The molecule has 0 radical (unpaired) electrons. The first kappa shape index (κ1) is 15.8. The molecule has 1 N–H and O–H groups in total. The number of nitrogens with one attached hydrogen (secondary N) is 1. The molecule has 2 rings (SSSR count). The summed E-state index contributed by atoms with van der Waals surface area (Å²) < 4.78 is 5.53. The highest BCUT2D eigenvalue weighted by atomic mass is 16.5. The fraction of sp³-hybridized carbons (Fsp3) is 0.938. The average Bonchev–Trinajstić information content (AvgIpc) is 2.87. The Morgan fingerprint density at radius 2 is 1.95 bits per heavy atom. The summed E-state index contributed by atoms with van der Waals surface area (Å²) in [5.41, 5.74) is 0.227. The number of esters is 1. The van der Waals surface area contributed by atoms with Gasteiger partial charge in [0, 0.05) is 6.04 Å². The van der Waals surface area contributed by atoms with Crippen molar-refractivity contribution >= 4 is 5.97 Å². The normalized spacial score (nSPS) is 25.9. The molecule has 0 amide bonds. The topological polar surface area (TPSA) is 41.6 Å². The number of nitrogens with zero attached hydrogens (tertiary/aromatic N) is 1. The van der Waals surface area contributed by atoms with Crippen LogP contribution < -0.4 is 5.32 Å². The Balaban J connectivity index is 1.81. The minimum Gasteiger partial charge on any atom is -0.465 e. The molecule has 20 heavy (non-hydrogen) atoms. The third kappa shape index (κ3) is 4.45. The third-order valence-corrected chi connectivity index (χ3v) is 4.44. The zero-order chi connectivity index (χ0) is 14.6. The minimum absolute atomic E-state index is 0.00489. The molecule has 2 aliphatic heterocycles. The van der Waals surface area contributed by atoms with E-state index in [0.717, 1.165) is 51.7 Å². The van der Waals surface area contributed by atoms with Crippen LogP contribution in [0.15, 0.2) is 0 Å². The van der Waals surface area contributed by atoms with Crippen molar-refractivity contribution in [1.29, 1.82) is 0 Å². The Labute approximate surface area is 123 Å². The Kier molecular flexibility index (Phi) is 5.44. The van der Waals surface area contributed by atoms with E-state index in [2.05, 4.69) is 31.0 Å². The van der Waals surface area contributed by atoms with Gasteiger partial charge in [0.25, 0.3) is 0 Å². The van der Waals surface area contributed by atoms with Gasteiger partial charge in [-0.3, -0.25) is 9.69 Å². The lowest BCUT2D eigenvalue weighted by molar-refractivity contribution is -0.150. The molecular formula is C16H30N2O2. The van der Waals surface area contributed by atoms with E-state index in [0.29, 0.717) is 12.6 Å². The summed E-state index contributed by atoms with van der Waals surface area (Å²) in [6, 6.07) is 0.581. The van der Waals surface area contributed by atoms with Gasteiger partial charge >= 0.3 is 5.97 Å². The monoisotopic (exact) mass is 282 g/mol. The van der Waals surface area contributed by atoms with Crippen molar-refractivity contribution in [2.75, 3.05) is 26.2 Å². The summed E-state index contributed by atoms with van der Waals surface area (Å²) in [7, 11) is 0. The van der Waals surface area contributed by atoms with Gasteiger partial charge in [-0.2, -0.15) is 0 Å². The van der Waals surface area contributed by atoms with E-state index in [9.17, 15) is 4.79 Å². The van der Waals surface area contributed by atoms with Gasteiger partial charge in [-0.05, 0) is 57.2 Å². The Hall–Kier alpha value is -0.610. The maximum Gasteiger partial charge on any atom is 0.323 e. The third-order valence-electron chi connectivity index (χ3n) is 4.44. The standard InChI is InChI=1S/C16H30N2O2/c1-16(2,3)8-12-20-15(19)14-5-4-11-18(14)13-6-9-17-10-7-13/h13-14,17H,4-12H2,1-3H3. The average molecular weight is 282 g/mol. The predicted molar refractivity (Wildman–Crippen MR) is 80.7 cm³/mol. The van der Waals surface area contributed by atoms with Crippen LogP contribution >= 0.6 is 0 Å². The second kappa shape index (κ2) is 6.90. The molecule has 0 aromatic carbocycles. The molecule has 4 nitrogen and oxygen atoms in total. The van der Waals surface area contributed by atoms with Gasteiger partial charge in [-0.15, -0.1) is 0 Å². The van der Waals surface area contributed by atoms with E-state index >= 15 is 0 Å². The summed E-state index contributed by atoms with van der Waals surface area (Å²) in [5, 5.41) is 3.39. The molecule has 0 aliphatic carbocycles. The van der Waals surface area contributed by atoms with E-state index in [1.165, 1.54) is 0 Å². The van der Waals surface area contributed by atoms with Crippen molar-refractivity contribution in [3.8, 4) is 0 Å². The Morgan fingerprint density at radius 3 is 2.60 bits per heavy atom. The van der Waals surface area contributed by atoms with Crippen LogP contribution in [0.25, 0.3) is 0 Å². The van der Waals surface area contributed by atoms with Crippen molar-refractivity contribution in [1.82, 2.24) is 10.2 Å². The Bertz CT molecular complexity index is 319. The molecule has 0 saturated carbocycles. The van der Waals surface area contributed by atoms with Crippen LogP contribution in [0.5, 0.6) is 0 Å². The number of hydrogen-bond acceptors (Lipinski definition) is 4. The molecule has 1 atom stereocenters. The molecule has 1 unspecified atom stereocenters. The molecule has 2 saturated heterocycles. The summed E-state index contributed by atoms with van der Waals surface area (Å²) >= 11 is 0. The van der Waals surface area contributed by atoms with Crippen LogP contribution in [0, 0.1) is 5.41 Å². The minimum atomic E-state index is 0.00489. The predicted octanol–water partition coefficient (Wildman–Crippen LogP) is 2.18. The number of hydrogen-bond donors (Lipinski definition) is 1. The molecule has 2 aliphatic rings.